The van der Waals surface area contributed by atoms with Crippen molar-refractivity contribution < 1.29 is 0 Å². The van der Waals surface area contributed by atoms with E-state index in [0.29, 0.717) is 6.04 Å². The van der Waals surface area contributed by atoms with Crippen LogP contribution in [0.5, 0.6) is 0 Å². The molecule has 4 heteroatoms. The third kappa shape index (κ3) is 5.17. The van der Waals surface area contributed by atoms with E-state index >= 15 is 0 Å². The number of nitrogens with one attached hydrogen (secondary N) is 1. The van der Waals surface area contributed by atoms with Crippen LogP contribution < -0.4 is 5.32 Å². The summed E-state index contributed by atoms with van der Waals surface area (Å²) in [6, 6.07) is 2.72. The van der Waals surface area contributed by atoms with Crippen LogP contribution in [0.1, 0.15) is 52.1 Å². The molecule has 0 amide bonds. The monoisotopic (exact) mass is 293 g/mol. The Hall–Kier alpha value is 0.240. The maximum atomic E-state index is 6.14. The van der Waals surface area contributed by atoms with Crippen molar-refractivity contribution in [2.75, 3.05) is 0 Å². The van der Waals surface area contributed by atoms with Crippen molar-refractivity contribution in [1.29, 1.82) is 0 Å². The first-order valence-electron chi connectivity index (χ1n) is 6.11. The first-order valence-corrected chi connectivity index (χ1v) is 7.68. The van der Waals surface area contributed by atoms with Gasteiger partial charge in [0, 0.05) is 12.1 Å². The predicted molar refractivity (Wildman–Crippen MR) is 79.4 cm³/mol. The Labute approximate surface area is 119 Å². The maximum absolute atomic E-state index is 6.14. The minimum absolute atomic E-state index is 0.258. The van der Waals surface area contributed by atoms with Gasteiger partial charge in [0.1, 0.15) is 0 Å². The highest BCUT2D eigenvalue weighted by Crippen LogP contribution is 2.35. The highest BCUT2D eigenvalue weighted by molar-refractivity contribution is 7.20. The first-order chi connectivity index (χ1) is 7.90. The molecule has 0 bridgehead atoms. The first kappa shape index (κ1) is 15.3. The van der Waals surface area contributed by atoms with Crippen molar-refractivity contribution >= 4 is 34.5 Å². The number of rotatable bonds is 6. The lowest BCUT2D eigenvalue weighted by atomic mass is 10.0. The van der Waals surface area contributed by atoms with Crippen LogP contribution in [-0.2, 0) is 0 Å². The van der Waals surface area contributed by atoms with Crippen LogP contribution in [0.2, 0.25) is 8.67 Å². The van der Waals surface area contributed by atoms with E-state index in [2.05, 4.69) is 33.0 Å². The third-order valence-electron chi connectivity index (χ3n) is 2.86. The third-order valence-corrected chi connectivity index (χ3v) is 4.38. The van der Waals surface area contributed by atoms with Crippen molar-refractivity contribution in [3.8, 4) is 0 Å². The van der Waals surface area contributed by atoms with Gasteiger partial charge in [-0.15, -0.1) is 11.3 Å². The molecule has 17 heavy (non-hydrogen) atoms. The van der Waals surface area contributed by atoms with Gasteiger partial charge in [-0.05, 0) is 44.2 Å². The fourth-order valence-corrected chi connectivity index (χ4v) is 3.48. The zero-order valence-electron chi connectivity index (χ0n) is 10.9. The molecule has 1 rings (SSSR count). The van der Waals surface area contributed by atoms with E-state index in [0.717, 1.165) is 20.2 Å². The zero-order chi connectivity index (χ0) is 13.0. The van der Waals surface area contributed by atoms with Crippen LogP contribution >= 0.6 is 34.5 Å². The summed E-state index contributed by atoms with van der Waals surface area (Å²) in [5.74, 6) is 0.758. The summed E-state index contributed by atoms with van der Waals surface area (Å²) in [4.78, 5) is 0. The summed E-state index contributed by atoms with van der Waals surface area (Å²) >= 11 is 13.5. The molecule has 1 heterocycles. The second-order valence-corrected chi connectivity index (χ2v) is 7.33. The summed E-state index contributed by atoms with van der Waals surface area (Å²) < 4.78 is 1.56. The molecule has 0 saturated carbocycles. The molecule has 1 nitrogen and oxygen atoms in total. The van der Waals surface area contributed by atoms with Crippen LogP contribution in [0.15, 0.2) is 6.07 Å². The normalized spacial score (nSPS) is 15.2. The molecule has 2 atom stereocenters. The lowest BCUT2D eigenvalue weighted by Gasteiger charge is -2.20. The largest absolute Gasteiger partial charge is 0.308 e. The van der Waals surface area contributed by atoms with Gasteiger partial charge in [0.05, 0.1) is 8.67 Å². The second-order valence-electron chi connectivity index (χ2n) is 5.04. The maximum Gasteiger partial charge on any atom is 0.0991 e. The van der Waals surface area contributed by atoms with E-state index < -0.39 is 0 Å². The molecule has 0 spiro atoms. The predicted octanol–water partition coefficient (Wildman–Crippen LogP) is 5.53. The molecule has 0 fully saturated rings. The van der Waals surface area contributed by atoms with E-state index in [9.17, 15) is 0 Å². The van der Waals surface area contributed by atoms with Gasteiger partial charge >= 0.3 is 0 Å². The molecule has 0 radical (unpaired) electrons. The Kier molecular flexibility index (Phi) is 6.28. The number of hydrogen-bond donors (Lipinski definition) is 1. The number of hydrogen-bond acceptors (Lipinski definition) is 2. The van der Waals surface area contributed by atoms with Crippen molar-refractivity contribution in [2.45, 2.75) is 52.6 Å². The minimum atomic E-state index is 0.258. The standard InChI is InChI=1S/C13H21Cl2NS/c1-8(2)5-6-9(3)16-10(4)11-7-12(14)17-13(11)15/h7-10,16H,5-6H2,1-4H3. The molecule has 2 unspecified atom stereocenters. The van der Waals surface area contributed by atoms with Crippen LogP contribution in [0.3, 0.4) is 0 Å². The Morgan fingerprint density at radius 3 is 2.29 bits per heavy atom. The van der Waals surface area contributed by atoms with Crippen molar-refractivity contribution in [2.24, 2.45) is 5.92 Å². The van der Waals surface area contributed by atoms with Gasteiger partial charge in [0.25, 0.3) is 0 Å². The highest BCUT2D eigenvalue weighted by atomic mass is 35.5. The zero-order valence-corrected chi connectivity index (χ0v) is 13.2. The van der Waals surface area contributed by atoms with Crippen LogP contribution in [0.4, 0.5) is 0 Å². The van der Waals surface area contributed by atoms with Crippen molar-refractivity contribution in [1.82, 2.24) is 5.32 Å². The average Bonchev–Trinajstić information content (AvgIpc) is 2.55. The number of halogens is 2. The fraction of sp³-hybridized carbons (Fsp3) is 0.692. The van der Waals surface area contributed by atoms with Gasteiger partial charge in [-0.3, -0.25) is 0 Å². The molecular formula is C13H21Cl2NS. The molecular weight excluding hydrogens is 273 g/mol. The van der Waals surface area contributed by atoms with E-state index in [4.69, 9.17) is 23.2 Å². The summed E-state index contributed by atoms with van der Waals surface area (Å²) in [5.41, 5.74) is 1.11. The van der Waals surface area contributed by atoms with Crippen LogP contribution in [0.25, 0.3) is 0 Å². The Morgan fingerprint density at radius 1 is 1.18 bits per heavy atom. The lowest BCUT2D eigenvalue weighted by molar-refractivity contribution is 0.417. The molecule has 1 aromatic heterocycles. The quantitative estimate of drug-likeness (QED) is 0.727. The lowest BCUT2D eigenvalue weighted by Crippen LogP contribution is -2.29. The Bertz CT molecular complexity index is 349. The van der Waals surface area contributed by atoms with Crippen molar-refractivity contribution in [3.05, 3.63) is 20.3 Å². The average molecular weight is 294 g/mol. The van der Waals surface area contributed by atoms with E-state index in [-0.39, 0.29) is 6.04 Å². The summed E-state index contributed by atoms with van der Waals surface area (Å²) in [5, 5.41) is 3.57. The molecule has 0 aromatic carbocycles. The second kappa shape index (κ2) is 6.98. The molecule has 98 valence electrons. The van der Waals surface area contributed by atoms with Gasteiger partial charge < -0.3 is 5.32 Å². The van der Waals surface area contributed by atoms with E-state index in [1.165, 1.54) is 24.2 Å². The summed E-state index contributed by atoms with van der Waals surface area (Å²) in [6.07, 6.45) is 2.44. The highest BCUT2D eigenvalue weighted by Gasteiger charge is 2.15. The van der Waals surface area contributed by atoms with Crippen LogP contribution in [-0.4, -0.2) is 6.04 Å². The summed E-state index contributed by atoms with van der Waals surface area (Å²) in [6.45, 7) is 8.87. The minimum Gasteiger partial charge on any atom is -0.308 e. The topological polar surface area (TPSA) is 12.0 Å². The molecule has 1 aromatic rings. The van der Waals surface area contributed by atoms with Crippen LogP contribution in [0, 0.1) is 5.92 Å². The van der Waals surface area contributed by atoms with Gasteiger partial charge in [-0.25, -0.2) is 0 Å². The van der Waals surface area contributed by atoms with Gasteiger partial charge in [-0.2, -0.15) is 0 Å². The molecule has 0 aliphatic heterocycles. The Morgan fingerprint density at radius 2 is 1.82 bits per heavy atom. The molecule has 0 saturated heterocycles. The number of thiophene rings is 1. The Balaban J connectivity index is 2.48. The summed E-state index contributed by atoms with van der Waals surface area (Å²) in [7, 11) is 0. The molecule has 0 aliphatic rings. The van der Waals surface area contributed by atoms with Gasteiger partial charge in [0.15, 0.2) is 0 Å². The van der Waals surface area contributed by atoms with E-state index in [1.54, 1.807) is 0 Å². The van der Waals surface area contributed by atoms with Gasteiger partial charge in [0.2, 0.25) is 0 Å². The SMILES string of the molecule is CC(C)CCC(C)NC(C)c1cc(Cl)sc1Cl. The van der Waals surface area contributed by atoms with Gasteiger partial charge in [-0.1, -0.05) is 37.0 Å². The van der Waals surface area contributed by atoms with E-state index in [1.807, 2.05) is 6.07 Å². The molecule has 1 N–H and O–H groups in total. The smallest absolute Gasteiger partial charge is 0.0991 e. The van der Waals surface area contributed by atoms with Crippen molar-refractivity contribution in [3.63, 3.8) is 0 Å². The fourth-order valence-electron chi connectivity index (χ4n) is 1.83. The molecule has 0 aliphatic carbocycles.